The molecule has 0 saturated heterocycles. The number of anilines is 2. The van der Waals surface area contributed by atoms with E-state index in [1.165, 1.54) is 0 Å². The summed E-state index contributed by atoms with van der Waals surface area (Å²) in [7, 11) is 4.17. The maximum atomic E-state index is 5.87. The van der Waals surface area contributed by atoms with Gasteiger partial charge >= 0.3 is 0 Å². The van der Waals surface area contributed by atoms with Crippen LogP contribution in [0.5, 0.6) is 0 Å². The highest BCUT2D eigenvalue weighted by Gasteiger charge is 2.07. The fourth-order valence-electron chi connectivity index (χ4n) is 1.96. The maximum absolute atomic E-state index is 5.87. The quantitative estimate of drug-likeness (QED) is 0.827. The van der Waals surface area contributed by atoms with E-state index >= 15 is 0 Å². The Balaban J connectivity index is 2.33. The lowest BCUT2D eigenvalue weighted by Crippen LogP contribution is -2.31. The Bertz CT molecular complexity index is 578. The predicted octanol–water partition coefficient (Wildman–Crippen LogP) is 2.49. The van der Waals surface area contributed by atoms with Crippen LogP contribution in [0.25, 0.3) is 10.9 Å². The molecule has 4 nitrogen and oxygen atoms in total. The minimum atomic E-state index is 0.463. The first-order valence-electron chi connectivity index (χ1n) is 6.54. The number of nitrogens with zero attached hydrogens (tertiary/aromatic N) is 2. The van der Waals surface area contributed by atoms with Gasteiger partial charge in [-0.05, 0) is 52.2 Å². The maximum Gasteiger partial charge on any atom is 0.0727 e. The molecule has 1 atom stereocenters. The zero-order chi connectivity index (χ0) is 14.0. The van der Waals surface area contributed by atoms with Gasteiger partial charge in [-0.1, -0.05) is 0 Å². The van der Waals surface area contributed by atoms with E-state index in [9.17, 15) is 0 Å². The van der Waals surface area contributed by atoms with E-state index in [1.807, 2.05) is 25.1 Å². The highest BCUT2D eigenvalue weighted by Crippen LogP contribution is 2.25. The fraction of sp³-hybridized carbons (Fsp3) is 0.400. The van der Waals surface area contributed by atoms with Gasteiger partial charge in [-0.2, -0.15) is 0 Å². The van der Waals surface area contributed by atoms with Crippen molar-refractivity contribution in [3.05, 3.63) is 30.0 Å². The van der Waals surface area contributed by atoms with E-state index in [1.54, 1.807) is 0 Å². The van der Waals surface area contributed by atoms with Gasteiger partial charge in [0.15, 0.2) is 0 Å². The van der Waals surface area contributed by atoms with Crippen molar-refractivity contribution in [1.29, 1.82) is 0 Å². The first-order valence-corrected chi connectivity index (χ1v) is 6.54. The Morgan fingerprint density at radius 1 is 1.32 bits per heavy atom. The minimum absolute atomic E-state index is 0.463. The van der Waals surface area contributed by atoms with Crippen molar-refractivity contribution in [2.45, 2.75) is 19.9 Å². The molecule has 0 aliphatic rings. The SMILES string of the molecule is Cc1cc(NCC(C)N(C)C)c2cc(N)ccc2n1. The van der Waals surface area contributed by atoms with Gasteiger partial charge in [0.2, 0.25) is 0 Å². The molecule has 1 aromatic carbocycles. The van der Waals surface area contributed by atoms with Gasteiger partial charge in [0, 0.05) is 35.0 Å². The standard InChI is InChI=1S/C15H22N4/c1-10-7-15(17-9-11(2)19(3)4)13-8-12(16)5-6-14(13)18-10/h5-8,11H,9,16H2,1-4H3,(H,17,18). The molecular formula is C15H22N4. The van der Waals surface area contributed by atoms with Gasteiger partial charge < -0.3 is 16.0 Å². The van der Waals surface area contributed by atoms with Gasteiger partial charge in [0.25, 0.3) is 0 Å². The van der Waals surface area contributed by atoms with E-state index in [2.05, 4.69) is 42.3 Å². The number of pyridine rings is 1. The topological polar surface area (TPSA) is 54.2 Å². The molecule has 2 rings (SSSR count). The Labute approximate surface area is 114 Å². The third kappa shape index (κ3) is 3.15. The minimum Gasteiger partial charge on any atom is -0.399 e. The summed E-state index contributed by atoms with van der Waals surface area (Å²) in [6.45, 7) is 5.09. The molecule has 0 amide bonds. The number of fused-ring (bicyclic) bond motifs is 1. The van der Waals surface area contributed by atoms with Gasteiger partial charge in [-0.25, -0.2) is 0 Å². The molecule has 4 heteroatoms. The highest BCUT2D eigenvalue weighted by atomic mass is 15.1. The van der Waals surface area contributed by atoms with Gasteiger partial charge in [-0.15, -0.1) is 0 Å². The number of nitrogen functional groups attached to an aromatic ring is 1. The largest absolute Gasteiger partial charge is 0.399 e. The van der Waals surface area contributed by atoms with Gasteiger partial charge in [0.1, 0.15) is 0 Å². The summed E-state index contributed by atoms with van der Waals surface area (Å²) in [5.74, 6) is 0. The molecule has 1 heterocycles. The molecule has 1 unspecified atom stereocenters. The van der Waals surface area contributed by atoms with Crippen LogP contribution in [0, 0.1) is 6.92 Å². The molecular weight excluding hydrogens is 236 g/mol. The Kier molecular flexibility index (Phi) is 3.90. The summed E-state index contributed by atoms with van der Waals surface area (Å²) in [5, 5.41) is 4.58. The first kappa shape index (κ1) is 13.6. The summed E-state index contributed by atoms with van der Waals surface area (Å²) in [5.41, 5.74) is 9.73. The van der Waals surface area contributed by atoms with Crippen LogP contribution in [0.1, 0.15) is 12.6 Å². The molecule has 0 bridgehead atoms. The number of rotatable bonds is 4. The van der Waals surface area contributed by atoms with Crippen LogP contribution in [-0.4, -0.2) is 36.6 Å². The van der Waals surface area contributed by atoms with Crippen LogP contribution in [0.15, 0.2) is 24.3 Å². The number of benzene rings is 1. The summed E-state index contributed by atoms with van der Waals surface area (Å²) in [6.07, 6.45) is 0. The number of hydrogen-bond donors (Lipinski definition) is 2. The molecule has 19 heavy (non-hydrogen) atoms. The molecule has 1 aromatic heterocycles. The van der Waals surface area contributed by atoms with Crippen molar-refractivity contribution in [3.63, 3.8) is 0 Å². The van der Waals surface area contributed by atoms with E-state index in [-0.39, 0.29) is 0 Å². The zero-order valence-electron chi connectivity index (χ0n) is 12.1. The second-order valence-corrected chi connectivity index (χ2v) is 5.28. The molecule has 0 fully saturated rings. The van der Waals surface area contributed by atoms with Crippen molar-refractivity contribution < 1.29 is 0 Å². The zero-order valence-corrected chi connectivity index (χ0v) is 12.1. The number of nitrogens with one attached hydrogen (secondary N) is 1. The third-order valence-electron chi connectivity index (χ3n) is 3.43. The smallest absolute Gasteiger partial charge is 0.0727 e. The Hall–Kier alpha value is -1.81. The van der Waals surface area contributed by atoms with Crippen molar-refractivity contribution in [3.8, 4) is 0 Å². The van der Waals surface area contributed by atoms with Crippen molar-refractivity contribution >= 4 is 22.3 Å². The van der Waals surface area contributed by atoms with Crippen LogP contribution in [0.3, 0.4) is 0 Å². The average Bonchev–Trinajstić information content (AvgIpc) is 2.36. The van der Waals surface area contributed by atoms with E-state index in [0.29, 0.717) is 6.04 Å². The lowest BCUT2D eigenvalue weighted by atomic mass is 10.1. The Morgan fingerprint density at radius 3 is 2.74 bits per heavy atom. The summed E-state index contributed by atoms with van der Waals surface area (Å²) in [6, 6.07) is 8.37. The number of aryl methyl sites for hydroxylation is 1. The molecule has 0 spiro atoms. The van der Waals surface area contributed by atoms with E-state index < -0.39 is 0 Å². The highest BCUT2D eigenvalue weighted by molar-refractivity contribution is 5.93. The predicted molar refractivity (Wildman–Crippen MR) is 82.5 cm³/mol. The van der Waals surface area contributed by atoms with Gasteiger partial charge in [-0.3, -0.25) is 4.98 Å². The molecule has 0 aliphatic heterocycles. The van der Waals surface area contributed by atoms with E-state index in [0.717, 1.165) is 34.5 Å². The van der Waals surface area contributed by atoms with Crippen molar-refractivity contribution in [2.24, 2.45) is 0 Å². The third-order valence-corrected chi connectivity index (χ3v) is 3.43. The average molecular weight is 258 g/mol. The normalized spacial score (nSPS) is 12.9. The van der Waals surface area contributed by atoms with Crippen molar-refractivity contribution in [2.75, 3.05) is 31.7 Å². The fourth-order valence-corrected chi connectivity index (χ4v) is 1.96. The van der Waals surface area contributed by atoms with Crippen LogP contribution in [0.4, 0.5) is 11.4 Å². The molecule has 0 aliphatic carbocycles. The lowest BCUT2D eigenvalue weighted by molar-refractivity contribution is 0.326. The van der Waals surface area contributed by atoms with Crippen molar-refractivity contribution in [1.82, 2.24) is 9.88 Å². The number of likely N-dealkylation sites (N-methyl/N-ethyl adjacent to an activating group) is 1. The van der Waals surface area contributed by atoms with Crippen LogP contribution in [-0.2, 0) is 0 Å². The number of nitrogens with two attached hydrogens (primary N) is 1. The van der Waals surface area contributed by atoms with E-state index in [4.69, 9.17) is 5.73 Å². The van der Waals surface area contributed by atoms with Crippen LogP contribution in [0.2, 0.25) is 0 Å². The second-order valence-electron chi connectivity index (χ2n) is 5.28. The molecule has 2 aromatic rings. The summed E-state index contributed by atoms with van der Waals surface area (Å²) < 4.78 is 0. The molecule has 0 radical (unpaired) electrons. The van der Waals surface area contributed by atoms with Gasteiger partial charge in [0.05, 0.1) is 5.52 Å². The Morgan fingerprint density at radius 2 is 2.05 bits per heavy atom. The second kappa shape index (κ2) is 5.45. The molecule has 102 valence electrons. The summed E-state index contributed by atoms with van der Waals surface area (Å²) >= 11 is 0. The molecule has 3 N–H and O–H groups in total. The number of aromatic nitrogens is 1. The molecule has 0 saturated carbocycles. The lowest BCUT2D eigenvalue weighted by Gasteiger charge is -2.21. The van der Waals surface area contributed by atoms with Crippen LogP contribution >= 0.6 is 0 Å². The summed E-state index contributed by atoms with van der Waals surface area (Å²) in [4.78, 5) is 6.73. The monoisotopic (exact) mass is 258 g/mol. The van der Waals surface area contributed by atoms with Crippen LogP contribution < -0.4 is 11.1 Å². The number of hydrogen-bond acceptors (Lipinski definition) is 4. The first-order chi connectivity index (χ1) is 8.97.